The minimum Gasteiger partial charge on any atom is -0.497 e. The maximum absolute atomic E-state index is 11.0. The first-order chi connectivity index (χ1) is 8.76. The van der Waals surface area contributed by atoms with Crippen LogP contribution in [0.2, 0.25) is 0 Å². The molecule has 5 heteroatoms. The van der Waals surface area contributed by atoms with E-state index in [1.807, 2.05) is 24.3 Å². The summed E-state index contributed by atoms with van der Waals surface area (Å²) in [6.45, 7) is 2.80. The van der Waals surface area contributed by atoms with Crippen LogP contribution in [0.25, 0.3) is 0 Å². The predicted octanol–water partition coefficient (Wildman–Crippen LogP) is 2.37. The van der Waals surface area contributed by atoms with Gasteiger partial charge in [0.25, 0.3) is 0 Å². The first kappa shape index (κ1) is 14.7. The van der Waals surface area contributed by atoms with Crippen molar-refractivity contribution in [2.75, 3.05) is 31.8 Å². The minimum atomic E-state index is -0.174. The van der Waals surface area contributed by atoms with Gasteiger partial charge in [-0.3, -0.25) is 4.79 Å². The van der Waals surface area contributed by atoms with E-state index < -0.39 is 0 Å². The molecule has 0 heterocycles. The Morgan fingerprint density at radius 1 is 1.22 bits per heavy atom. The number of hydrogen-bond donors (Lipinski definition) is 0. The Hall–Kier alpha value is -1.36. The van der Waals surface area contributed by atoms with Crippen LogP contribution >= 0.6 is 11.8 Å². The molecule has 0 aliphatic carbocycles. The molecule has 0 spiro atoms. The molecule has 0 bridgehead atoms. The van der Waals surface area contributed by atoms with E-state index in [9.17, 15) is 4.79 Å². The van der Waals surface area contributed by atoms with Crippen molar-refractivity contribution in [2.45, 2.75) is 6.92 Å². The highest BCUT2D eigenvalue weighted by molar-refractivity contribution is 7.99. The molecule has 0 amide bonds. The fourth-order valence-corrected chi connectivity index (χ4v) is 1.84. The van der Waals surface area contributed by atoms with Gasteiger partial charge >= 0.3 is 5.97 Å². The molecule has 0 fully saturated rings. The second kappa shape index (κ2) is 8.69. The summed E-state index contributed by atoms with van der Waals surface area (Å²) < 4.78 is 15.4. The van der Waals surface area contributed by atoms with E-state index in [0.717, 1.165) is 17.3 Å². The summed E-state index contributed by atoms with van der Waals surface area (Å²) in [4.78, 5) is 11.0. The molecule has 1 aromatic carbocycles. The van der Waals surface area contributed by atoms with Crippen LogP contribution in [0.5, 0.6) is 11.5 Å². The third-order valence-electron chi connectivity index (χ3n) is 2.08. The Kier molecular flexibility index (Phi) is 7.10. The van der Waals surface area contributed by atoms with Crippen molar-refractivity contribution in [1.82, 2.24) is 0 Å². The highest BCUT2D eigenvalue weighted by atomic mass is 32.2. The lowest BCUT2D eigenvalue weighted by atomic mass is 10.3. The highest BCUT2D eigenvalue weighted by Gasteiger charge is 2.01. The van der Waals surface area contributed by atoms with Crippen LogP contribution in [0.3, 0.4) is 0 Å². The van der Waals surface area contributed by atoms with Gasteiger partial charge in [0.1, 0.15) is 11.5 Å². The van der Waals surface area contributed by atoms with Crippen molar-refractivity contribution in [2.24, 2.45) is 0 Å². The van der Waals surface area contributed by atoms with Crippen molar-refractivity contribution in [3.05, 3.63) is 24.3 Å². The van der Waals surface area contributed by atoms with Gasteiger partial charge in [0.15, 0.2) is 0 Å². The smallest absolute Gasteiger partial charge is 0.315 e. The lowest BCUT2D eigenvalue weighted by Crippen LogP contribution is -2.09. The summed E-state index contributed by atoms with van der Waals surface area (Å²) in [5.74, 6) is 2.56. The van der Waals surface area contributed by atoms with Crippen LogP contribution in [-0.4, -0.2) is 37.8 Å². The first-order valence-electron chi connectivity index (χ1n) is 5.76. The Morgan fingerprint density at radius 2 is 1.89 bits per heavy atom. The maximum Gasteiger partial charge on any atom is 0.315 e. The van der Waals surface area contributed by atoms with Crippen molar-refractivity contribution in [1.29, 1.82) is 0 Å². The van der Waals surface area contributed by atoms with Crippen LogP contribution in [-0.2, 0) is 9.53 Å². The number of ether oxygens (including phenoxy) is 3. The first-order valence-corrected chi connectivity index (χ1v) is 6.92. The molecule has 4 nitrogen and oxygen atoms in total. The molecule has 0 N–H and O–H groups in total. The zero-order valence-corrected chi connectivity index (χ0v) is 11.5. The van der Waals surface area contributed by atoms with E-state index in [4.69, 9.17) is 14.2 Å². The lowest BCUT2D eigenvalue weighted by Gasteiger charge is -2.06. The monoisotopic (exact) mass is 270 g/mol. The van der Waals surface area contributed by atoms with E-state index in [1.165, 1.54) is 11.8 Å². The van der Waals surface area contributed by atoms with Gasteiger partial charge in [-0.15, -0.1) is 11.8 Å². The molecular weight excluding hydrogens is 252 g/mol. The molecular formula is C13H18O4S. The molecule has 100 valence electrons. The molecule has 0 unspecified atom stereocenters. The second-order valence-electron chi connectivity index (χ2n) is 3.38. The van der Waals surface area contributed by atoms with Crippen molar-refractivity contribution < 1.29 is 19.0 Å². The Bertz CT molecular complexity index is 351. The fraction of sp³-hybridized carbons (Fsp3) is 0.462. The highest BCUT2D eigenvalue weighted by Crippen LogP contribution is 2.17. The van der Waals surface area contributed by atoms with E-state index in [0.29, 0.717) is 19.0 Å². The standard InChI is InChI=1S/C13H18O4S/c1-3-16-13(14)10-18-9-8-17-12-6-4-11(15-2)5-7-12/h4-7H,3,8-10H2,1-2H3. The van der Waals surface area contributed by atoms with Gasteiger partial charge in [-0.2, -0.15) is 0 Å². The Morgan fingerprint density at radius 3 is 2.50 bits per heavy atom. The molecule has 1 aromatic rings. The van der Waals surface area contributed by atoms with Gasteiger partial charge in [-0.25, -0.2) is 0 Å². The summed E-state index contributed by atoms with van der Waals surface area (Å²) in [6.07, 6.45) is 0. The van der Waals surface area contributed by atoms with E-state index in [1.54, 1.807) is 14.0 Å². The fourth-order valence-electron chi connectivity index (χ4n) is 1.25. The van der Waals surface area contributed by atoms with Crippen LogP contribution in [0.15, 0.2) is 24.3 Å². The van der Waals surface area contributed by atoms with Gasteiger partial charge in [-0.1, -0.05) is 0 Å². The number of thioether (sulfide) groups is 1. The summed E-state index contributed by atoms with van der Waals surface area (Å²) in [5, 5.41) is 0. The number of hydrogen-bond acceptors (Lipinski definition) is 5. The normalized spacial score (nSPS) is 9.89. The van der Waals surface area contributed by atoms with Crippen LogP contribution < -0.4 is 9.47 Å². The van der Waals surface area contributed by atoms with Crippen LogP contribution in [0, 0.1) is 0 Å². The average molecular weight is 270 g/mol. The van der Waals surface area contributed by atoms with Gasteiger partial charge in [-0.05, 0) is 31.2 Å². The third kappa shape index (κ3) is 5.82. The molecule has 0 radical (unpaired) electrons. The summed E-state index contributed by atoms with van der Waals surface area (Å²) in [6, 6.07) is 7.41. The number of rotatable bonds is 8. The number of benzene rings is 1. The topological polar surface area (TPSA) is 44.8 Å². The van der Waals surface area contributed by atoms with Gasteiger partial charge in [0.2, 0.25) is 0 Å². The van der Waals surface area contributed by atoms with Gasteiger partial charge in [0.05, 0.1) is 26.1 Å². The van der Waals surface area contributed by atoms with Crippen LogP contribution in [0.4, 0.5) is 0 Å². The Labute approximate surface area is 112 Å². The molecule has 1 rings (SSSR count). The van der Waals surface area contributed by atoms with Crippen LogP contribution in [0.1, 0.15) is 6.92 Å². The Balaban J connectivity index is 2.12. The van der Waals surface area contributed by atoms with E-state index >= 15 is 0 Å². The molecule has 0 aliphatic heterocycles. The summed E-state index contributed by atoms with van der Waals surface area (Å²) in [5.41, 5.74) is 0. The molecule has 0 aliphatic rings. The van der Waals surface area contributed by atoms with Crippen molar-refractivity contribution in [3.8, 4) is 11.5 Å². The van der Waals surface area contributed by atoms with Gasteiger partial charge in [0, 0.05) is 5.75 Å². The molecule has 18 heavy (non-hydrogen) atoms. The summed E-state index contributed by atoms with van der Waals surface area (Å²) >= 11 is 1.50. The molecule has 0 saturated heterocycles. The lowest BCUT2D eigenvalue weighted by molar-refractivity contribution is -0.139. The van der Waals surface area contributed by atoms with E-state index in [2.05, 4.69) is 0 Å². The molecule has 0 atom stereocenters. The zero-order valence-electron chi connectivity index (χ0n) is 10.7. The maximum atomic E-state index is 11.0. The molecule has 0 aromatic heterocycles. The second-order valence-corrected chi connectivity index (χ2v) is 4.49. The predicted molar refractivity (Wildman–Crippen MR) is 72.4 cm³/mol. The largest absolute Gasteiger partial charge is 0.497 e. The van der Waals surface area contributed by atoms with Crippen molar-refractivity contribution >= 4 is 17.7 Å². The zero-order chi connectivity index (χ0) is 13.2. The van der Waals surface area contributed by atoms with Gasteiger partial charge < -0.3 is 14.2 Å². The van der Waals surface area contributed by atoms with E-state index in [-0.39, 0.29) is 5.97 Å². The average Bonchev–Trinajstić information content (AvgIpc) is 2.39. The SMILES string of the molecule is CCOC(=O)CSCCOc1ccc(OC)cc1. The number of carbonyl (C=O) groups is 1. The number of carbonyl (C=O) groups excluding carboxylic acids is 1. The number of esters is 1. The quantitative estimate of drug-likeness (QED) is 0.536. The third-order valence-corrected chi connectivity index (χ3v) is 2.98. The minimum absolute atomic E-state index is 0.174. The summed E-state index contributed by atoms with van der Waals surface area (Å²) in [7, 11) is 1.63. The van der Waals surface area contributed by atoms with Crippen molar-refractivity contribution in [3.63, 3.8) is 0 Å². The number of methoxy groups -OCH3 is 1. The molecule has 0 saturated carbocycles.